The normalized spacial score (nSPS) is 11.3. The van der Waals surface area contributed by atoms with Crippen LogP contribution in [0.1, 0.15) is 16.7 Å². The zero-order chi connectivity index (χ0) is 20.4. The van der Waals surface area contributed by atoms with Crippen LogP contribution in [0.15, 0.2) is 46.9 Å². The van der Waals surface area contributed by atoms with Gasteiger partial charge in [0.1, 0.15) is 28.6 Å². The fourth-order valence-electron chi connectivity index (χ4n) is 2.59. The van der Waals surface area contributed by atoms with Crippen LogP contribution in [0, 0.1) is 25.2 Å². The average molecular weight is 395 g/mol. The first kappa shape index (κ1) is 19.1. The van der Waals surface area contributed by atoms with Crippen LogP contribution in [0.2, 0.25) is 5.02 Å². The molecule has 0 unspecified atom stereocenters. The summed E-state index contributed by atoms with van der Waals surface area (Å²) in [5, 5.41) is 9.71. The van der Waals surface area contributed by atoms with Gasteiger partial charge in [0, 0.05) is 11.2 Å². The van der Waals surface area contributed by atoms with Gasteiger partial charge in [-0.1, -0.05) is 17.7 Å². The highest BCUT2D eigenvalue weighted by atomic mass is 35.5. The fraction of sp³-hybridized carbons (Fsp3) is 0.100. The largest absolute Gasteiger partial charge is 0.438 e. The summed E-state index contributed by atoms with van der Waals surface area (Å²) < 4.78 is 7.14. The molecule has 0 aliphatic rings. The molecule has 0 fully saturated rings. The minimum Gasteiger partial charge on any atom is -0.438 e. The van der Waals surface area contributed by atoms with Crippen molar-refractivity contribution in [3.63, 3.8) is 0 Å². The van der Waals surface area contributed by atoms with Crippen LogP contribution in [0.4, 0.5) is 0 Å². The first-order valence-corrected chi connectivity index (χ1v) is 8.57. The molecule has 2 aromatic heterocycles. The second kappa shape index (κ2) is 7.55. The lowest BCUT2D eigenvalue weighted by Crippen LogP contribution is -2.20. The average Bonchev–Trinajstić information content (AvgIpc) is 2.65. The highest BCUT2D eigenvalue weighted by Gasteiger charge is 2.17. The minimum absolute atomic E-state index is 0.0463. The molecule has 0 bridgehead atoms. The van der Waals surface area contributed by atoms with Crippen LogP contribution < -0.4 is 16.0 Å². The number of hydrogen-bond donors (Lipinski definition) is 1. The number of rotatable bonds is 4. The Labute approximate surface area is 165 Å². The molecular formula is C20H15ClN4O3. The molecule has 7 nitrogen and oxygen atoms in total. The molecule has 140 valence electrons. The van der Waals surface area contributed by atoms with E-state index in [9.17, 15) is 9.59 Å². The Morgan fingerprint density at radius 2 is 2.07 bits per heavy atom. The summed E-state index contributed by atoms with van der Waals surface area (Å²) in [7, 11) is 0. The number of pyridine rings is 1. The molecule has 0 aliphatic heterocycles. The molecule has 1 amide bonds. The number of nitrogens with zero attached hydrogens (tertiary/aromatic N) is 3. The first-order valence-electron chi connectivity index (χ1n) is 8.19. The predicted octanol–water partition coefficient (Wildman–Crippen LogP) is 3.15. The molecule has 1 aromatic carbocycles. The van der Waals surface area contributed by atoms with Crippen LogP contribution in [0.25, 0.3) is 11.7 Å². The molecule has 2 N–H and O–H groups in total. The molecule has 0 spiro atoms. The van der Waals surface area contributed by atoms with Crippen molar-refractivity contribution < 1.29 is 9.53 Å². The van der Waals surface area contributed by atoms with Crippen molar-refractivity contribution in [2.75, 3.05) is 0 Å². The highest BCUT2D eigenvalue weighted by Crippen LogP contribution is 2.27. The number of primary amides is 1. The molecule has 2 heterocycles. The van der Waals surface area contributed by atoms with E-state index in [2.05, 4.69) is 4.98 Å². The molecule has 0 saturated carbocycles. The summed E-state index contributed by atoms with van der Waals surface area (Å²) in [4.78, 5) is 28.9. The van der Waals surface area contributed by atoms with E-state index in [4.69, 9.17) is 27.3 Å². The maximum atomic E-state index is 13.0. The van der Waals surface area contributed by atoms with Crippen molar-refractivity contribution in [1.82, 2.24) is 9.38 Å². The summed E-state index contributed by atoms with van der Waals surface area (Å²) >= 11 is 6.04. The smallest absolute Gasteiger partial charge is 0.269 e. The number of amides is 1. The highest BCUT2D eigenvalue weighted by molar-refractivity contribution is 6.31. The summed E-state index contributed by atoms with van der Waals surface area (Å²) in [6.45, 7) is 3.61. The molecule has 3 rings (SSSR count). The van der Waals surface area contributed by atoms with Gasteiger partial charge in [0.2, 0.25) is 5.88 Å². The van der Waals surface area contributed by atoms with Gasteiger partial charge in [-0.3, -0.25) is 14.0 Å². The lowest BCUT2D eigenvalue weighted by atomic mass is 10.1. The topological polar surface area (TPSA) is 110 Å². The van der Waals surface area contributed by atoms with Crippen LogP contribution in [0.3, 0.4) is 0 Å². The quantitative estimate of drug-likeness (QED) is 0.539. The summed E-state index contributed by atoms with van der Waals surface area (Å²) in [5.74, 6) is -0.599. The van der Waals surface area contributed by atoms with Crippen molar-refractivity contribution in [1.29, 1.82) is 5.26 Å². The van der Waals surface area contributed by atoms with Crippen molar-refractivity contribution in [3.8, 4) is 17.7 Å². The van der Waals surface area contributed by atoms with E-state index in [0.29, 0.717) is 16.4 Å². The second-order valence-electron chi connectivity index (χ2n) is 6.07. The van der Waals surface area contributed by atoms with E-state index in [1.807, 2.05) is 6.92 Å². The van der Waals surface area contributed by atoms with E-state index in [-0.39, 0.29) is 17.0 Å². The number of benzene rings is 1. The Morgan fingerprint density at radius 3 is 2.71 bits per heavy atom. The van der Waals surface area contributed by atoms with E-state index in [0.717, 1.165) is 17.2 Å². The van der Waals surface area contributed by atoms with Crippen molar-refractivity contribution in [2.24, 2.45) is 5.73 Å². The van der Waals surface area contributed by atoms with Crippen LogP contribution in [-0.2, 0) is 4.79 Å². The minimum atomic E-state index is -0.954. The Morgan fingerprint density at radius 1 is 1.32 bits per heavy atom. The maximum absolute atomic E-state index is 13.0. The van der Waals surface area contributed by atoms with Gasteiger partial charge in [-0.25, -0.2) is 0 Å². The number of fused-ring (bicyclic) bond motifs is 1. The van der Waals surface area contributed by atoms with Crippen LogP contribution in [0.5, 0.6) is 11.6 Å². The lowest BCUT2D eigenvalue weighted by molar-refractivity contribution is -0.114. The zero-order valence-electron chi connectivity index (χ0n) is 15.1. The van der Waals surface area contributed by atoms with Gasteiger partial charge in [-0.2, -0.15) is 10.2 Å². The third-order valence-electron chi connectivity index (χ3n) is 4.07. The molecule has 0 radical (unpaired) electrons. The van der Waals surface area contributed by atoms with Gasteiger partial charge >= 0.3 is 0 Å². The van der Waals surface area contributed by atoms with E-state index in [1.54, 1.807) is 49.5 Å². The Bertz CT molecular complexity index is 1240. The standard InChI is InChI=1S/C20H15ClN4O3/c1-11-4-3-7-25-18(11)24-19(28-14-5-6-16(21)12(2)8-14)15(20(25)27)9-13(10-22)17(23)26/h3-9H,1-2H3,(H2,23,26). The van der Waals surface area contributed by atoms with Crippen LogP contribution in [-0.4, -0.2) is 15.3 Å². The van der Waals surface area contributed by atoms with Gasteiger partial charge in [0.25, 0.3) is 11.5 Å². The number of carbonyl (C=O) groups excluding carboxylic acids is 1. The third kappa shape index (κ3) is 3.59. The molecule has 8 heteroatoms. The maximum Gasteiger partial charge on any atom is 0.269 e. The third-order valence-corrected chi connectivity index (χ3v) is 4.49. The number of nitriles is 1. The van der Waals surface area contributed by atoms with Crippen molar-refractivity contribution in [2.45, 2.75) is 13.8 Å². The SMILES string of the molecule is Cc1cc(Oc2nc3c(C)cccn3c(=O)c2C=C(C#N)C(N)=O)ccc1Cl. The van der Waals surface area contributed by atoms with Gasteiger partial charge in [0.05, 0.1) is 0 Å². The number of hydrogen-bond acceptors (Lipinski definition) is 5. The van der Waals surface area contributed by atoms with Crippen LogP contribution >= 0.6 is 11.6 Å². The van der Waals surface area contributed by atoms with E-state index < -0.39 is 11.5 Å². The lowest BCUT2D eigenvalue weighted by Gasteiger charge is -2.12. The number of ether oxygens (including phenoxy) is 1. The fourth-order valence-corrected chi connectivity index (χ4v) is 2.71. The Hall–Kier alpha value is -3.63. The summed E-state index contributed by atoms with van der Waals surface area (Å²) in [6.07, 6.45) is 2.63. The Balaban J connectivity index is 2.29. The molecule has 28 heavy (non-hydrogen) atoms. The van der Waals surface area contributed by atoms with Gasteiger partial charge in [-0.15, -0.1) is 0 Å². The number of aryl methyl sites for hydroxylation is 2. The molecular weight excluding hydrogens is 380 g/mol. The Kier molecular flexibility index (Phi) is 5.16. The van der Waals surface area contributed by atoms with Gasteiger partial charge < -0.3 is 10.5 Å². The first-order chi connectivity index (χ1) is 13.3. The van der Waals surface area contributed by atoms with Crippen molar-refractivity contribution >= 4 is 29.2 Å². The number of aromatic nitrogens is 2. The summed E-state index contributed by atoms with van der Waals surface area (Å²) in [6, 6.07) is 10.2. The van der Waals surface area contributed by atoms with E-state index >= 15 is 0 Å². The number of halogens is 1. The monoisotopic (exact) mass is 394 g/mol. The van der Waals surface area contributed by atoms with E-state index in [1.165, 1.54) is 4.40 Å². The predicted molar refractivity (Wildman–Crippen MR) is 105 cm³/mol. The molecule has 3 aromatic rings. The molecule has 0 saturated heterocycles. The van der Waals surface area contributed by atoms with Gasteiger partial charge in [0.15, 0.2) is 0 Å². The number of nitrogens with two attached hydrogens (primary N) is 1. The molecule has 0 atom stereocenters. The summed E-state index contributed by atoms with van der Waals surface area (Å²) in [5.41, 5.74) is 6.18. The second-order valence-corrected chi connectivity index (χ2v) is 6.47. The molecule has 0 aliphatic carbocycles. The number of carbonyl (C=O) groups is 1. The van der Waals surface area contributed by atoms with Crippen molar-refractivity contribution in [3.05, 3.63) is 74.2 Å². The van der Waals surface area contributed by atoms with Gasteiger partial charge in [-0.05, 0) is 55.3 Å². The zero-order valence-corrected chi connectivity index (χ0v) is 15.8.